The Kier molecular flexibility index (Phi) is 10.7. The van der Waals surface area contributed by atoms with E-state index in [2.05, 4.69) is 33.0 Å². The van der Waals surface area contributed by atoms with Gasteiger partial charge in [-0.05, 0) is 45.6 Å². The Morgan fingerprint density at radius 1 is 1.22 bits per heavy atom. The molecule has 0 spiro atoms. The maximum absolute atomic E-state index is 9.59. The molecule has 2 N–H and O–H groups in total. The minimum Gasteiger partial charge on any atom is -0.394 e. The molecule has 2 unspecified atom stereocenters. The van der Waals surface area contributed by atoms with E-state index in [0.717, 1.165) is 45.3 Å². The zero-order valence-corrected chi connectivity index (χ0v) is 12.8. The van der Waals surface area contributed by atoms with Gasteiger partial charge in [-0.25, -0.2) is 0 Å². The van der Waals surface area contributed by atoms with E-state index in [4.69, 9.17) is 4.74 Å². The van der Waals surface area contributed by atoms with Crippen molar-refractivity contribution in [3.05, 3.63) is 0 Å². The van der Waals surface area contributed by atoms with Gasteiger partial charge in [-0.15, -0.1) is 0 Å². The molecule has 0 saturated carbocycles. The van der Waals surface area contributed by atoms with Gasteiger partial charge in [0, 0.05) is 12.1 Å². The van der Waals surface area contributed by atoms with Crippen LogP contribution in [0.5, 0.6) is 0 Å². The third-order valence-electron chi connectivity index (χ3n) is 3.63. The topological polar surface area (TPSA) is 41.5 Å². The molecule has 0 heterocycles. The summed E-state index contributed by atoms with van der Waals surface area (Å²) in [6.45, 7) is 10.6. The molecule has 0 aliphatic carbocycles. The average Bonchev–Trinajstić information content (AvgIpc) is 2.39. The molecule has 0 bridgehead atoms. The lowest BCUT2D eigenvalue weighted by molar-refractivity contribution is 0.0485. The number of hydrogen-bond acceptors (Lipinski definition) is 3. The van der Waals surface area contributed by atoms with Crippen LogP contribution in [0.3, 0.4) is 0 Å². The maximum atomic E-state index is 9.59. The molecule has 3 nitrogen and oxygen atoms in total. The lowest BCUT2D eigenvalue weighted by Crippen LogP contribution is -2.48. The van der Waals surface area contributed by atoms with E-state index in [1.165, 1.54) is 6.42 Å². The predicted octanol–water partition coefficient (Wildman–Crippen LogP) is 3.11. The standard InChI is InChI=1S/C15H33NO2/c1-5-9-14(4)18-12-8-10-15(7-3,13-17)16-11-6-2/h14,16-17H,5-13H2,1-4H3. The van der Waals surface area contributed by atoms with Gasteiger partial charge in [-0.2, -0.15) is 0 Å². The van der Waals surface area contributed by atoms with E-state index < -0.39 is 0 Å². The molecule has 0 aliphatic heterocycles. The third kappa shape index (κ3) is 7.34. The Balaban J connectivity index is 3.89. The van der Waals surface area contributed by atoms with E-state index in [9.17, 15) is 5.11 Å². The summed E-state index contributed by atoms with van der Waals surface area (Å²) in [6, 6.07) is 0. The largest absolute Gasteiger partial charge is 0.394 e. The summed E-state index contributed by atoms with van der Waals surface area (Å²) >= 11 is 0. The highest BCUT2D eigenvalue weighted by Crippen LogP contribution is 2.17. The van der Waals surface area contributed by atoms with Crippen LogP contribution < -0.4 is 5.32 Å². The summed E-state index contributed by atoms with van der Waals surface area (Å²) in [5, 5.41) is 13.1. The van der Waals surface area contributed by atoms with Gasteiger partial charge in [0.25, 0.3) is 0 Å². The highest BCUT2D eigenvalue weighted by Gasteiger charge is 2.25. The summed E-state index contributed by atoms with van der Waals surface area (Å²) in [5.74, 6) is 0. The minimum absolute atomic E-state index is 0.104. The molecule has 18 heavy (non-hydrogen) atoms. The van der Waals surface area contributed by atoms with Crippen molar-refractivity contribution < 1.29 is 9.84 Å². The molecular formula is C15H33NO2. The van der Waals surface area contributed by atoms with Gasteiger partial charge in [0.15, 0.2) is 0 Å². The molecule has 110 valence electrons. The molecule has 2 atom stereocenters. The highest BCUT2D eigenvalue weighted by atomic mass is 16.5. The number of nitrogens with one attached hydrogen (secondary N) is 1. The van der Waals surface area contributed by atoms with Crippen LogP contribution in [-0.2, 0) is 4.74 Å². The number of aliphatic hydroxyl groups excluding tert-OH is 1. The molecule has 0 saturated heterocycles. The van der Waals surface area contributed by atoms with Crippen molar-refractivity contribution in [3.8, 4) is 0 Å². The highest BCUT2D eigenvalue weighted by molar-refractivity contribution is 4.85. The summed E-state index contributed by atoms with van der Waals surface area (Å²) in [4.78, 5) is 0. The number of ether oxygens (including phenoxy) is 1. The molecule has 3 heteroatoms. The second-order valence-corrected chi connectivity index (χ2v) is 5.29. The van der Waals surface area contributed by atoms with Gasteiger partial charge in [0.2, 0.25) is 0 Å². The van der Waals surface area contributed by atoms with Gasteiger partial charge in [-0.1, -0.05) is 27.2 Å². The fourth-order valence-corrected chi connectivity index (χ4v) is 2.21. The SMILES string of the molecule is CCCNC(CC)(CO)CCCOC(C)CCC. The predicted molar refractivity (Wildman–Crippen MR) is 78.0 cm³/mol. The van der Waals surface area contributed by atoms with Crippen molar-refractivity contribution in [2.24, 2.45) is 0 Å². The van der Waals surface area contributed by atoms with Crippen LogP contribution in [0.25, 0.3) is 0 Å². The Morgan fingerprint density at radius 3 is 2.44 bits per heavy atom. The van der Waals surface area contributed by atoms with Gasteiger partial charge in [0.1, 0.15) is 0 Å². The van der Waals surface area contributed by atoms with Crippen LogP contribution >= 0.6 is 0 Å². The van der Waals surface area contributed by atoms with Crippen molar-refractivity contribution in [2.45, 2.75) is 77.9 Å². The fraction of sp³-hybridized carbons (Fsp3) is 1.00. The number of aliphatic hydroxyl groups is 1. The number of rotatable bonds is 12. The van der Waals surface area contributed by atoms with E-state index in [1.807, 2.05) is 0 Å². The fourth-order valence-electron chi connectivity index (χ4n) is 2.21. The molecule has 0 aromatic carbocycles. The first-order valence-electron chi connectivity index (χ1n) is 7.61. The normalized spacial score (nSPS) is 16.5. The summed E-state index contributed by atoms with van der Waals surface area (Å²) in [7, 11) is 0. The lowest BCUT2D eigenvalue weighted by Gasteiger charge is -2.32. The Hall–Kier alpha value is -0.120. The van der Waals surface area contributed by atoms with Crippen LogP contribution in [0.1, 0.15) is 66.2 Å². The van der Waals surface area contributed by atoms with Crippen LogP contribution in [0, 0.1) is 0 Å². The van der Waals surface area contributed by atoms with E-state index in [0.29, 0.717) is 6.10 Å². The second-order valence-electron chi connectivity index (χ2n) is 5.29. The molecular weight excluding hydrogens is 226 g/mol. The van der Waals surface area contributed by atoms with E-state index in [-0.39, 0.29) is 12.1 Å². The monoisotopic (exact) mass is 259 g/mol. The Morgan fingerprint density at radius 2 is 1.94 bits per heavy atom. The third-order valence-corrected chi connectivity index (χ3v) is 3.63. The van der Waals surface area contributed by atoms with Gasteiger partial charge < -0.3 is 15.2 Å². The minimum atomic E-state index is -0.104. The molecule has 0 aliphatic rings. The summed E-state index contributed by atoms with van der Waals surface area (Å²) < 4.78 is 5.76. The van der Waals surface area contributed by atoms with Crippen LogP contribution in [0.15, 0.2) is 0 Å². The Labute approximate surface area is 113 Å². The van der Waals surface area contributed by atoms with E-state index in [1.54, 1.807) is 0 Å². The van der Waals surface area contributed by atoms with Crippen molar-refractivity contribution in [1.82, 2.24) is 5.32 Å². The van der Waals surface area contributed by atoms with Crippen molar-refractivity contribution in [3.63, 3.8) is 0 Å². The molecule has 0 fully saturated rings. The van der Waals surface area contributed by atoms with E-state index >= 15 is 0 Å². The molecule has 0 aromatic heterocycles. The van der Waals surface area contributed by atoms with Crippen LogP contribution in [0.2, 0.25) is 0 Å². The van der Waals surface area contributed by atoms with Crippen LogP contribution in [0.4, 0.5) is 0 Å². The second kappa shape index (κ2) is 10.8. The zero-order chi connectivity index (χ0) is 13.9. The lowest BCUT2D eigenvalue weighted by atomic mass is 9.91. The first-order chi connectivity index (χ1) is 8.64. The smallest absolute Gasteiger partial charge is 0.0613 e. The number of hydrogen-bond donors (Lipinski definition) is 2. The Bertz CT molecular complexity index is 181. The molecule has 0 amide bonds. The van der Waals surface area contributed by atoms with Crippen molar-refractivity contribution >= 4 is 0 Å². The first-order valence-corrected chi connectivity index (χ1v) is 7.61. The summed E-state index contributed by atoms with van der Waals surface area (Å²) in [6.07, 6.45) is 6.74. The van der Waals surface area contributed by atoms with Crippen molar-refractivity contribution in [2.75, 3.05) is 19.8 Å². The van der Waals surface area contributed by atoms with Gasteiger partial charge in [-0.3, -0.25) is 0 Å². The van der Waals surface area contributed by atoms with Gasteiger partial charge in [0.05, 0.1) is 12.7 Å². The molecule has 0 aromatic rings. The zero-order valence-electron chi connectivity index (χ0n) is 12.8. The van der Waals surface area contributed by atoms with Crippen molar-refractivity contribution in [1.29, 1.82) is 0 Å². The quantitative estimate of drug-likeness (QED) is 0.529. The molecule has 0 radical (unpaired) electrons. The van der Waals surface area contributed by atoms with Gasteiger partial charge >= 0.3 is 0 Å². The maximum Gasteiger partial charge on any atom is 0.0613 e. The summed E-state index contributed by atoms with van der Waals surface area (Å²) in [5.41, 5.74) is -0.104. The average molecular weight is 259 g/mol. The first kappa shape index (κ1) is 17.9. The molecule has 0 rings (SSSR count). The van der Waals surface area contributed by atoms with Crippen LogP contribution in [-0.4, -0.2) is 36.5 Å².